The lowest BCUT2D eigenvalue weighted by atomic mass is 9.92. The summed E-state index contributed by atoms with van der Waals surface area (Å²) in [6.45, 7) is 0. The summed E-state index contributed by atoms with van der Waals surface area (Å²) >= 11 is 7.39. The summed E-state index contributed by atoms with van der Waals surface area (Å²) in [5.74, 6) is 0. The van der Waals surface area contributed by atoms with E-state index >= 15 is 0 Å². The number of hydrogen-bond acceptors (Lipinski definition) is 0. The molecule has 2 aromatic rings. The van der Waals surface area contributed by atoms with Crippen molar-refractivity contribution in [1.82, 2.24) is 0 Å². The maximum atomic E-state index is 3.74. The van der Waals surface area contributed by atoms with Crippen molar-refractivity contribution in [3.05, 3.63) is 53.6 Å². The van der Waals surface area contributed by atoms with Gasteiger partial charge in [0, 0.05) is 4.83 Å². The smallest absolute Gasteiger partial charge is 0.0561 e. The quantitative estimate of drug-likeness (QED) is 0.589. The van der Waals surface area contributed by atoms with E-state index in [4.69, 9.17) is 0 Å². The van der Waals surface area contributed by atoms with E-state index in [0.29, 0.717) is 9.65 Å². The van der Waals surface area contributed by atoms with Crippen molar-refractivity contribution in [3.63, 3.8) is 0 Å². The normalized spacial score (nSPS) is 23.4. The Bertz CT molecular complexity index is 572. The number of rotatable bonds is 0. The highest BCUT2D eigenvalue weighted by atomic mass is 79.9. The second-order valence-electron chi connectivity index (χ2n) is 3.99. The van der Waals surface area contributed by atoms with Gasteiger partial charge in [0.25, 0.3) is 0 Å². The predicted octanol–water partition coefficient (Wildman–Crippen LogP) is 5.07. The average molecular weight is 338 g/mol. The summed E-state index contributed by atoms with van der Waals surface area (Å²) in [5, 5.41) is 2.64. The van der Waals surface area contributed by atoms with Crippen molar-refractivity contribution in [2.24, 2.45) is 0 Å². The van der Waals surface area contributed by atoms with Gasteiger partial charge in [0.05, 0.1) is 4.83 Å². The molecule has 0 bridgehead atoms. The fraction of sp³-hybridized carbons (Fsp3) is 0.143. The molecule has 0 saturated carbocycles. The minimum absolute atomic E-state index is 0.358. The van der Waals surface area contributed by atoms with E-state index in [0.717, 1.165) is 0 Å². The Kier molecular flexibility index (Phi) is 2.64. The number of allylic oxidation sites excluding steroid dienone is 1. The van der Waals surface area contributed by atoms with Gasteiger partial charge in [0.15, 0.2) is 0 Å². The van der Waals surface area contributed by atoms with Crippen LogP contribution in [0.2, 0.25) is 0 Å². The Morgan fingerprint density at radius 1 is 0.938 bits per heavy atom. The highest BCUT2D eigenvalue weighted by molar-refractivity contribution is 9.12. The van der Waals surface area contributed by atoms with Crippen molar-refractivity contribution in [3.8, 4) is 0 Å². The van der Waals surface area contributed by atoms with Crippen molar-refractivity contribution < 1.29 is 0 Å². The molecule has 0 aromatic heterocycles. The molecule has 2 atom stereocenters. The third kappa shape index (κ3) is 1.56. The summed E-state index contributed by atoms with van der Waals surface area (Å²) in [4.78, 5) is 0.735. The molecule has 1 aliphatic rings. The van der Waals surface area contributed by atoms with E-state index in [1.807, 2.05) is 0 Å². The zero-order valence-corrected chi connectivity index (χ0v) is 11.7. The van der Waals surface area contributed by atoms with Crippen molar-refractivity contribution in [1.29, 1.82) is 0 Å². The summed E-state index contributed by atoms with van der Waals surface area (Å²) in [6, 6.07) is 12.9. The zero-order valence-electron chi connectivity index (χ0n) is 8.53. The van der Waals surface area contributed by atoms with Crippen LogP contribution >= 0.6 is 31.9 Å². The van der Waals surface area contributed by atoms with Crippen LogP contribution in [0.3, 0.4) is 0 Å². The Morgan fingerprint density at radius 3 is 2.62 bits per heavy atom. The van der Waals surface area contributed by atoms with Crippen LogP contribution in [-0.2, 0) is 0 Å². The van der Waals surface area contributed by atoms with E-state index in [1.54, 1.807) is 0 Å². The van der Waals surface area contributed by atoms with Gasteiger partial charge >= 0.3 is 0 Å². The molecule has 0 amide bonds. The van der Waals surface area contributed by atoms with Gasteiger partial charge in [-0.3, -0.25) is 0 Å². The second kappa shape index (κ2) is 4.01. The molecule has 0 radical (unpaired) electrons. The third-order valence-corrected chi connectivity index (χ3v) is 5.63. The monoisotopic (exact) mass is 336 g/mol. The largest absolute Gasteiger partial charge is 0.0829 e. The summed E-state index contributed by atoms with van der Waals surface area (Å²) in [7, 11) is 0. The lowest BCUT2D eigenvalue weighted by Crippen LogP contribution is -2.09. The highest BCUT2D eigenvalue weighted by Gasteiger charge is 2.22. The molecule has 1 aliphatic carbocycles. The van der Waals surface area contributed by atoms with E-state index in [2.05, 4.69) is 80.4 Å². The molecule has 0 heterocycles. The minimum Gasteiger partial charge on any atom is -0.0829 e. The molecule has 2 unspecified atom stereocenters. The topological polar surface area (TPSA) is 0 Å². The van der Waals surface area contributed by atoms with Crippen LogP contribution in [0.15, 0.2) is 42.5 Å². The number of hydrogen-bond donors (Lipinski definition) is 0. The summed E-state index contributed by atoms with van der Waals surface area (Å²) in [6.07, 6.45) is 4.42. The third-order valence-electron chi connectivity index (χ3n) is 3.03. The van der Waals surface area contributed by atoms with Gasteiger partial charge < -0.3 is 0 Å². The van der Waals surface area contributed by atoms with Crippen LogP contribution < -0.4 is 0 Å². The Morgan fingerprint density at radius 2 is 1.75 bits per heavy atom. The van der Waals surface area contributed by atoms with Crippen LogP contribution in [0.1, 0.15) is 16.0 Å². The predicted molar refractivity (Wildman–Crippen MR) is 77.4 cm³/mol. The van der Waals surface area contributed by atoms with E-state index < -0.39 is 0 Å². The number of fused-ring (bicyclic) bond motifs is 3. The van der Waals surface area contributed by atoms with Gasteiger partial charge in [-0.15, -0.1) is 0 Å². The van der Waals surface area contributed by atoms with Crippen LogP contribution in [-0.4, -0.2) is 4.83 Å². The first-order valence-corrected chi connectivity index (χ1v) is 7.08. The maximum absolute atomic E-state index is 3.74. The lowest BCUT2D eigenvalue weighted by Gasteiger charge is -2.22. The molecule has 0 nitrogen and oxygen atoms in total. The SMILES string of the molecule is BrC1C=Cc2c(ccc3ccccc23)C1Br. The number of alkyl halides is 2. The Labute approximate surface area is 112 Å². The molecular formula is C14H10Br2. The molecule has 16 heavy (non-hydrogen) atoms. The molecule has 80 valence electrons. The van der Waals surface area contributed by atoms with Gasteiger partial charge in [0.2, 0.25) is 0 Å². The highest BCUT2D eigenvalue weighted by Crippen LogP contribution is 2.40. The first kappa shape index (κ1) is 10.5. The standard InChI is InChI=1S/C14H10Br2/c15-13-8-7-11-10-4-2-1-3-9(10)5-6-12(11)14(13)16/h1-8,13-14H. The fourth-order valence-electron chi connectivity index (χ4n) is 2.20. The molecule has 2 heteroatoms. The minimum atomic E-state index is 0.358. The first-order valence-electron chi connectivity index (χ1n) is 5.25. The Hall–Kier alpha value is -0.600. The zero-order chi connectivity index (χ0) is 11.1. The number of benzene rings is 2. The number of halogens is 2. The molecular weight excluding hydrogens is 328 g/mol. The van der Waals surface area contributed by atoms with Gasteiger partial charge in [-0.2, -0.15) is 0 Å². The second-order valence-corrected chi connectivity index (χ2v) is 6.04. The van der Waals surface area contributed by atoms with Crippen molar-refractivity contribution in [2.75, 3.05) is 0 Å². The summed E-state index contributed by atoms with van der Waals surface area (Å²) in [5.41, 5.74) is 2.71. The molecule has 0 spiro atoms. The summed E-state index contributed by atoms with van der Waals surface area (Å²) < 4.78 is 0. The van der Waals surface area contributed by atoms with E-state index in [-0.39, 0.29) is 0 Å². The average Bonchev–Trinajstić information content (AvgIpc) is 2.33. The van der Waals surface area contributed by atoms with Gasteiger partial charge in [0.1, 0.15) is 0 Å². The van der Waals surface area contributed by atoms with Gasteiger partial charge in [-0.05, 0) is 21.9 Å². The van der Waals surface area contributed by atoms with E-state index in [9.17, 15) is 0 Å². The molecule has 2 aromatic carbocycles. The van der Waals surface area contributed by atoms with Crippen molar-refractivity contribution >= 4 is 48.7 Å². The lowest BCUT2D eigenvalue weighted by molar-refractivity contribution is 1.01. The molecule has 0 aliphatic heterocycles. The van der Waals surface area contributed by atoms with Crippen LogP contribution in [0, 0.1) is 0 Å². The molecule has 0 fully saturated rings. The van der Waals surface area contributed by atoms with Gasteiger partial charge in [-0.1, -0.05) is 80.4 Å². The fourth-order valence-corrected chi connectivity index (χ4v) is 3.21. The van der Waals surface area contributed by atoms with Crippen LogP contribution in [0.5, 0.6) is 0 Å². The molecule has 3 rings (SSSR count). The maximum Gasteiger partial charge on any atom is 0.0561 e. The van der Waals surface area contributed by atoms with Crippen LogP contribution in [0.25, 0.3) is 16.8 Å². The van der Waals surface area contributed by atoms with E-state index in [1.165, 1.54) is 21.9 Å². The van der Waals surface area contributed by atoms with Crippen LogP contribution in [0.4, 0.5) is 0 Å². The molecule has 0 saturated heterocycles. The first-order chi connectivity index (χ1) is 7.77. The molecule has 0 N–H and O–H groups in total. The Balaban J connectivity index is 2.34. The van der Waals surface area contributed by atoms with Gasteiger partial charge in [-0.25, -0.2) is 0 Å². The van der Waals surface area contributed by atoms with Crippen molar-refractivity contribution in [2.45, 2.75) is 9.65 Å².